The maximum absolute atomic E-state index is 4.11. The third-order valence-corrected chi connectivity index (χ3v) is 3.04. The summed E-state index contributed by atoms with van der Waals surface area (Å²) in [5.41, 5.74) is 1.31. The minimum Gasteiger partial charge on any atom is -0.340 e. The van der Waals surface area contributed by atoms with Crippen LogP contribution in [0.15, 0.2) is 40.4 Å². The minimum absolute atomic E-state index is 0.518. The maximum atomic E-state index is 4.11. The number of hydrogen-bond acceptors (Lipinski definition) is 6. The summed E-state index contributed by atoms with van der Waals surface area (Å²) in [6, 6.07) is 4.02. The van der Waals surface area contributed by atoms with E-state index in [1.807, 2.05) is 17.5 Å². The molecule has 1 N–H and O–H groups in total. The molecule has 3 aromatic rings. The zero-order valence-corrected chi connectivity index (χ0v) is 9.55. The quantitative estimate of drug-likeness (QED) is 0.719. The summed E-state index contributed by atoms with van der Waals surface area (Å²) in [6.45, 7) is 0.567. The van der Waals surface area contributed by atoms with Crippen LogP contribution in [0.3, 0.4) is 0 Å². The molecule has 0 saturated heterocycles. The molecule has 3 heterocycles. The normalized spacial score (nSPS) is 11.5. The van der Waals surface area contributed by atoms with Crippen LogP contribution in [-0.4, -0.2) is 19.9 Å². The highest BCUT2D eigenvalue weighted by Gasteiger charge is 2.03. The molecule has 0 aromatic carbocycles. The van der Waals surface area contributed by atoms with Crippen LogP contribution >= 0.6 is 11.3 Å². The number of nitrogens with zero attached hydrogens (tertiary/aromatic N) is 5. The number of H-pyrrole nitrogens is 1. The van der Waals surface area contributed by atoms with Crippen LogP contribution in [0.2, 0.25) is 0 Å². The molecular weight excluding hydrogens is 236 g/mol. The van der Waals surface area contributed by atoms with Gasteiger partial charge in [0.05, 0.1) is 12.9 Å². The van der Waals surface area contributed by atoms with E-state index in [4.69, 9.17) is 0 Å². The molecular formula is C10H8N6S. The molecule has 3 aromatic heterocycles. The number of nitrogens with one attached hydrogen (secondary N) is 1. The molecule has 0 spiro atoms. The van der Waals surface area contributed by atoms with Crippen LogP contribution in [0.1, 0.15) is 4.88 Å². The van der Waals surface area contributed by atoms with E-state index >= 15 is 0 Å². The SMILES string of the molecule is c1csc(CN=Nc2ncnc3nc[nH]c23)c1. The van der Waals surface area contributed by atoms with Gasteiger partial charge in [0.2, 0.25) is 5.82 Å². The Morgan fingerprint density at radius 3 is 3.18 bits per heavy atom. The Hall–Kier alpha value is -2.15. The van der Waals surface area contributed by atoms with E-state index in [9.17, 15) is 0 Å². The molecule has 0 bridgehead atoms. The number of hydrogen-bond donors (Lipinski definition) is 1. The van der Waals surface area contributed by atoms with Gasteiger partial charge in [0.1, 0.15) is 11.8 Å². The van der Waals surface area contributed by atoms with Crippen molar-refractivity contribution in [2.45, 2.75) is 6.54 Å². The van der Waals surface area contributed by atoms with Gasteiger partial charge in [-0.1, -0.05) is 6.07 Å². The van der Waals surface area contributed by atoms with Gasteiger partial charge in [-0.25, -0.2) is 15.0 Å². The summed E-state index contributed by atoms with van der Waals surface area (Å²) in [6.07, 6.45) is 3.00. The van der Waals surface area contributed by atoms with E-state index in [1.54, 1.807) is 17.7 Å². The highest BCUT2D eigenvalue weighted by Crippen LogP contribution is 2.18. The van der Waals surface area contributed by atoms with Crippen LogP contribution in [0.25, 0.3) is 11.2 Å². The second kappa shape index (κ2) is 4.38. The van der Waals surface area contributed by atoms with E-state index in [2.05, 4.69) is 30.2 Å². The Morgan fingerprint density at radius 1 is 1.29 bits per heavy atom. The summed E-state index contributed by atoms with van der Waals surface area (Å²) in [7, 11) is 0. The van der Waals surface area contributed by atoms with E-state index in [-0.39, 0.29) is 0 Å². The molecule has 0 fully saturated rings. The third-order valence-electron chi connectivity index (χ3n) is 2.18. The topological polar surface area (TPSA) is 79.2 Å². The molecule has 7 heteroatoms. The van der Waals surface area contributed by atoms with Gasteiger partial charge in [-0.05, 0) is 11.4 Å². The van der Waals surface area contributed by atoms with Crippen LogP contribution in [-0.2, 0) is 6.54 Å². The van der Waals surface area contributed by atoms with Crippen LogP contribution in [0.5, 0.6) is 0 Å². The zero-order chi connectivity index (χ0) is 11.5. The van der Waals surface area contributed by atoms with Crippen LogP contribution < -0.4 is 0 Å². The first-order valence-corrected chi connectivity index (χ1v) is 5.85. The highest BCUT2D eigenvalue weighted by molar-refractivity contribution is 7.09. The lowest BCUT2D eigenvalue weighted by molar-refractivity contribution is 0.962. The molecule has 0 aliphatic rings. The fraction of sp³-hybridized carbons (Fsp3) is 0.100. The number of thiophene rings is 1. The average Bonchev–Trinajstić information content (AvgIpc) is 2.99. The molecule has 3 rings (SSSR count). The number of aromatic amines is 1. The Balaban J connectivity index is 1.85. The van der Waals surface area contributed by atoms with Crippen molar-refractivity contribution in [3.05, 3.63) is 35.0 Å². The Bertz CT molecular complexity index is 642. The highest BCUT2D eigenvalue weighted by atomic mass is 32.1. The molecule has 0 aliphatic heterocycles. The van der Waals surface area contributed by atoms with Crippen molar-refractivity contribution in [2.24, 2.45) is 10.2 Å². The van der Waals surface area contributed by atoms with E-state index in [1.165, 1.54) is 11.2 Å². The number of fused-ring (bicyclic) bond motifs is 1. The predicted octanol–water partition coefficient (Wildman–Crippen LogP) is 2.70. The lowest BCUT2D eigenvalue weighted by atomic mass is 10.5. The molecule has 0 unspecified atom stereocenters. The van der Waals surface area contributed by atoms with Crippen molar-refractivity contribution in [3.63, 3.8) is 0 Å². The van der Waals surface area contributed by atoms with Gasteiger partial charge in [-0.3, -0.25) is 0 Å². The molecule has 0 radical (unpaired) electrons. The molecule has 0 amide bonds. The van der Waals surface area contributed by atoms with Crippen molar-refractivity contribution in [3.8, 4) is 0 Å². The first kappa shape index (κ1) is 10.0. The monoisotopic (exact) mass is 244 g/mol. The summed E-state index contributed by atoms with van der Waals surface area (Å²) in [5, 5.41) is 10.2. The van der Waals surface area contributed by atoms with Crippen molar-refractivity contribution >= 4 is 28.3 Å². The molecule has 84 valence electrons. The van der Waals surface area contributed by atoms with Crippen LogP contribution in [0, 0.1) is 0 Å². The second-order valence-electron chi connectivity index (χ2n) is 3.28. The van der Waals surface area contributed by atoms with Gasteiger partial charge in [0.15, 0.2) is 5.65 Å². The summed E-state index contributed by atoms with van der Waals surface area (Å²) in [5.74, 6) is 0.518. The van der Waals surface area contributed by atoms with Gasteiger partial charge >= 0.3 is 0 Å². The smallest absolute Gasteiger partial charge is 0.203 e. The predicted molar refractivity (Wildman–Crippen MR) is 64.2 cm³/mol. The van der Waals surface area contributed by atoms with Gasteiger partial charge in [0, 0.05) is 4.88 Å². The number of rotatable bonds is 3. The van der Waals surface area contributed by atoms with E-state index < -0.39 is 0 Å². The summed E-state index contributed by atoms with van der Waals surface area (Å²) in [4.78, 5) is 16.2. The number of aromatic nitrogens is 4. The first-order chi connectivity index (χ1) is 8.43. The molecule has 0 saturated carbocycles. The number of imidazole rings is 1. The Morgan fingerprint density at radius 2 is 2.29 bits per heavy atom. The number of azo groups is 1. The van der Waals surface area contributed by atoms with Crippen molar-refractivity contribution < 1.29 is 0 Å². The minimum atomic E-state index is 0.518. The largest absolute Gasteiger partial charge is 0.340 e. The molecule has 0 atom stereocenters. The second-order valence-corrected chi connectivity index (χ2v) is 4.31. The molecule has 17 heavy (non-hydrogen) atoms. The Labute approximate surface area is 100 Å². The molecule has 6 nitrogen and oxygen atoms in total. The van der Waals surface area contributed by atoms with E-state index in [0.29, 0.717) is 23.5 Å². The van der Waals surface area contributed by atoms with Gasteiger partial charge in [0.25, 0.3) is 0 Å². The first-order valence-electron chi connectivity index (χ1n) is 4.97. The standard InChI is InChI=1S/C10H8N6S/c1-2-7(17-3-1)4-15-16-10-8-9(12-5-11-8)13-6-14-10/h1-3,5-6H,4H2,(H,11,12,13,14). The Kier molecular flexibility index (Phi) is 2.59. The third kappa shape index (κ3) is 2.04. The summed E-state index contributed by atoms with van der Waals surface area (Å²) >= 11 is 1.66. The van der Waals surface area contributed by atoms with Crippen molar-refractivity contribution in [2.75, 3.05) is 0 Å². The van der Waals surface area contributed by atoms with E-state index in [0.717, 1.165) is 0 Å². The van der Waals surface area contributed by atoms with Gasteiger partial charge in [-0.2, -0.15) is 5.11 Å². The zero-order valence-electron chi connectivity index (χ0n) is 8.74. The average molecular weight is 244 g/mol. The van der Waals surface area contributed by atoms with Crippen molar-refractivity contribution in [1.82, 2.24) is 19.9 Å². The summed E-state index contributed by atoms with van der Waals surface area (Å²) < 4.78 is 0. The fourth-order valence-corrected chi connectivity index (χ4v) is 2.02. The maximum Gasteiger partial charge on any atom is 0.203 e. The van der Waals surface area contributed by atoms with Crippen molar-refractivity contribution in [1.29, 1.82) is 0 Å². The fourth-order valence-electron chi connectivity index (χ4n) is 1.40. The van der Waals surface area contributed by atoms with Gasteiger partial charge in [-0.15, -0.1) is 16.5 Å². The van der Waals surface area contributed by atoms with Crippen LogP contribution in [0.4, 0.5) is 5.82 Å². The molecule has 0 aliphatic carbocycles. The lowest BCUT2D eigenvalue weighted by Crippen LogP contribution is -1.81. The van der Waals surface area contributed by atoms with Gasteiger partial charge < -0.3 is 4.98 Å². The lowest BCUT2D eigenvalue weighted by Gasteiger charge is -1.92.